The smallest absolute Gasteiger partial charge is 1.00 e. The summed E-state index contributed by atoms with van der Waals surface area (Å²) >= 11 is 3.52. The number of hydrogen-bond acceptors (Lipinski definition) is 6. The van der Waals surface area contributed by atoms with E-state index in [1.807, 2.05) is 146 Å². The molecule has 1 N–H and O–H groups in total. The number of halogens is 2. The minimum absolute atomic E-state index is 0. The molecule has 8 heterocycles. The van der Waals surface area contributed by atoms with Crippen LogP contribution in [0.15, 0.2) is 381 Å². The average molecular weight is 1600 g/mol. The first-order chi connectivity index (χ1) is 57.3. The number of rotatable bonds is 9. The number of aromatic nitrogens is 10. The van der Waals surface area contributed by atoms with E-state index in [2.05, 4.69) is 270 Å². The van der Waals surface area contributed by atoms with Crippen LogP contribution in [0.25, 0.3) is 216 Å². The molecule has 0 unspecified atom stereocenters. The zero-order valence-corrected chi connectivity index (χ0v) is 66.4. The van der Waals surface area contributed by atoms with Crippen molar-refractivity contribution in [1.29, 1.82) is 0 Å². The summed E-state index contributed by atoms with van der Waals surface area (Å²) in [5.74, 6) is 3.93. The maximum Gasteiger partial charge on any atom is 1.00 e. The third-order valence-electron chi connectivity index (χ3n) is 22.1. The van der Waals surface area contributed by atoms with Gasteiger partial charge in [-0.3, -0.25) is 4.39 Å². The second kappa shape index (κ2) is 31.7. The van der Waals surface area contributed by atoms with Gasteiger partial charge in [-0.25, -0.2) is 29.9 Å². The number of aromatic amines is 1. The molecule has 0 radical (unpaired) electrons. The maximum absolute atomic E-state index is 9.96. The number of nitrogens with zero attached hydrogens (tertiary/aromatic N) is 9. The molecular formula is C105H75BrFN10Na. The van der Waals surface area contributed by atoms with Gasteiger partial charge in [-0.05, 0) is 131 Å². The predicted octanol–water partition coefficient (Wildman–Crippen LogP) is 25.5. The van der Waals surface area contributed by atoms with Crippen molar-refractivity contribution in [3.05, 3.63) is 381 Å². The fourth-order valence-corrected chi connectivity index (χ4v) is 17.4. The molecule has 24 aromatic rings. The Balaban J connectivity index is 0.000000136. The van der Waals surface area contributed by atoms with Crippen molar-refractivity contribution in [2.75, 3.05) is 7.15 Å². The minimum Gasteiger partial charge on any atom is -1.00 e. The van der Waals surface area contributed by atoms with Crippen LogP contribution >= 0.6 is 15.9 Å². The number of fused-ring (bicyclic) bond motifs is 18. The Morgan fingerprint density at radius 3 is 0.975 bits per heavy atom. The van der Waals surface area contributed by atoms with Gasteiger partial charge in [0, 0.05) is 119 Å². The number of nitrogens with one attached hydrogen (secondary N) is 1. The molecule has 0 aliphatic carbocycles. The van der Waals surface area contributed by atoms with Crippen molar-refractivity contribution in [2.45, 2.75) is 14.9 Å². The molecule has 13 heteroatoms. The number of H-pyrrole nitrogens is 1. The molecule has 0 fully saturated rings. The van der Waals surface area contributed by atoms with Gasteiger partial charge in [-0.15, -0.1) is 0 Å². The molecule has 16 aromatic carbocycles. The molecule has 560 valence electrons. The normalized spacial score (nSPS) is 11.4. The number of para-hydroxylation sites is 6. The summed E-state index contributed by atoms with van der Waals surface area (Å²) in [6.07, 6.45) is 0. The topological polar surface area (TPSA) is 107 Å². The molecule has 0 bridgehead atoms. The molecule has 0 aliphatic heterocycles. The van der Waals surface area contributed by atoms with Crippen LogP contribution in [0.2, 0.25) is 0 Å². The molecule has 0 spiro atoms. The monoisotopic (exact) mass is 1600 g/mol. The van der Waals surface area contributed by atoms with E-state index in [9.17, 15) is 4.39 Å². The fraction of sp³-hybridized carbons (Fsp3) is 0.0286. The van der Waals surface area contributed by atoms with E-state index in [1.54, 1.807) is 0 Å². The summed E-state index contributed by atoms with van der Waals surface area (Å²) in [7, 11) is -1.00. The number of alkyl halides is 1. The van der Waals surface area contributed by atoms with Crippen LogP contribution in [0.3, 0.4) is 0 Å². The van der Waals surface area contributed by atoms with E-state index in [-0.39, 0.29) is 45.8 Å². The van der Waals surface area contributed by atoms with Crippen LogP contribution in [0.5, 0.6) is 0 Å². The van der Waals surface area contributed by atoms with Crippen LogP contribution in [0.4, 0.5) is 4.39 Å². The summed E-state index contributed by atoms with van der Waals surface area (Å²) in [6.45, 7) is 0. The first kappa shape index (κ1) is 74.3. The van der Waals surface area contributed by atoms with E-state index in [1.165, 1.54) is 131 Å². The van der Waals surface area contributed by atoms with Gasteiger partial charge in [0.2, 0.25) is 0 Å². The molecule has 0 aliphatic rings. The maximum atomic E-state index is 9.96. The summed E-state index contributed by atoms with van der Waals surface area (Å²) in [5, 5.41) is 15.4. The van der Waals surface area contributed by atoms with Gasteiger partial charge in [-0.1, -0.05) is 298 Å². The van der Waals surface area contributed by atoms with E-state index >= 15 is 0 Å². The molecule has 10 nitrogen and oxygen atoms in total. The summed E-state index contributed by atoms with van der Waals surface area (Å²) in [5.41, 5.74) is 24.0. The summed E-state index contributed by atoms with van der Waals surface area (Å²) in [6, 6.07) is 132. The Morgan fingerprint density at radius 2 is 0.559 bits per heavy atom. The van der Waals surface area contributed by atoms with E-state index < -0.39 is 7.15 Å². The van der Waals surface area contributed by atoms with Gasteiger partial charge in [0.25, 0.3) is 0 Å². The van der Waals surface area contributed by atoms with Crippen LogP contribution in [-0.2, 0) is 0 Å². The number of hydrogen-bond donors (Lipinski definition) is 1. The van der Waals surface area contributed by atoms with E-state index in [0.29, 0.717) is 34.9 Å². The van der Waals surface area contributed by atoms with Crippen LogP contribution in [-0.4, -0.2) is 55.4 Å². The second-order valence-corrected chi connectivity index (χ2v) is 29.6. The van der Waals surface area contributed by atoms with Gasteiger partial charge in [0.05, 0.1) is 52.7 Å². The van der Waals surface area contributed by atoms with Crippen molar-refractivity contribution >= 4 is 136 Å². The Bertz CT molecular complexity index is 7590. The Morgan fingerprint density at radius 1 is 0.263 bits per heavy atom. The molecule has 0 amide bonds. The predicted molar refractivity (Wildman–Crippen MR) is 492 cm³/mol. The van der Waals surface area contributed by atoms with Crippen LogP contribution in [0, 0.1) is 0 Å². The van der Waals surface area contributed by atoms with E-state index in [0.717, 1.165) is 54.6 Å². The molecule has 0 atom stereocenters. The molecular weight excluding hydrogens is 1520 g/mol. The first-order valence-electron chi connectivity index (χ1n) is 38.9. The molecule has 0 saturated heterocycles. The minimum atomic E-state index is -1.00. The fourth-order valence-electron chi connectivity index (χ4n) is 17.0. The third-order valence-corrected chi connectivity index (χ3v) is 22.6. The Hall–Kier alpha value is -13.9. The Labute approximate surface area is 713 Å². The van der Waals surface area contributed by atoms with Gasteiger partial charge in [0.15, 0.2) is 34.9 Å². The van der Waals surface area contributed by atoms with Crippen molar-refractivity contribution in [3.63, 3.8) is 0 Å². The van der Waals surface area contributed by atoms with Gasteiger partial charge >= 0.3 is 29.6 Å². The van der Waals surface area contributed by atoms with Crippen LogP contribution in [0.1, 0.15) is 17.7 Å². The van der Waals surface area contributed by atoms with Crippen molar-refractivity contribution in [3.8, 4) is 96.3 Å². The zero-order chi connectivity index (χ0) is 77.3. The molecule has 118 heavy (non-hydrogen) atoms. The largest absolute Gasteiger partial charge is 1.00 e. The molecule has 24 rings (SSSR count). The second-order valence-electron chi connectivity index (χ2n) is 28.7. The summed E-state index contributed by atoms with van der Waals surface area (Å²) < 4.78 is 23.7. The van der Waals surface area contributed by atoms with Crippen LogP contribution < -0.4 is 29.6 Å². The standard InChI is InChI=1S/C51H31N5.C30H18N2.C21H14BrN3.CH3F.2CH4.Na.H/c1-3-14-32(15-4-1)49-52-50(33-16-5-2-6-17-33)54-51(53-49)35-18-13-19-37(28-35)55-44-23-10-7-20-38(44)41-29-34(26-27-47(41)55)36-30-42-39-21-8-11-24-45(39)56-46-25-12-9-22-40(46)43(31-36)48(42)56;1-4-10-26-20(7-1)23-15-18(13-14-27(23)31-26)19-16-24-21-8-2-5-11-28(21)32-29-12-6-3-9-22(29)25(17-19)30(24)32;22-18-13-7-12-17(14-18)21-24-19(15-8-3-1-4-9-15)23-20(25-21)16-10-5-2-6-11-16;1-2;;;;/h1-31H;1-17,31H;1-14H;1H3;2*1H4;;/q;;;;;;+1;-1/i;;;1D;;;;. The zero-order valence-electron chi connectivity index (χ0n) is 64.8. The quantitative estimate of drug-likeness (QED) is 0.144. The van der Waals surface area contributed by atoms with Gasteiger partial charge in [0.1, 0.15) is 0 Å². The summed E-state index contributed by atoms with van der Waals surface area (Å²) in [4.78, 5) is 32.6. The van der Waals surface area contributed by atoms with Gasteiger partial charge in [-0.2, -0.15) is 0 Å². The first-order valence-corrected chi connectivity index (χ1v) is 39.0. The SMILES string of the molecule is Brc1cccc(-c2nc(-c3ccccc3)nc(-c3ccccc3)n2)c1.C.C.[2H]CF.[H-].[Na+].c1ccc(-c2nc(-c3ccccc3)nc(-c3cccc(-n4c5ccccc5c5cc(-c6cc7c8ccccc8n8c9ccccc9c(c6)c78)ccc54)c3)n2)cc1.c1ccc2c(c1)[nH]c1ccc(-c3cc4c5ccccc5n5c6ccccc6c(c3)c45)cc12. The Kier molecular flexibility index (Phi) is 20.0. The van der Waals surface area contributed by atoms with Crippen molar-refractivity contribution < 1.29 is 36.7 Å². The molecule has 8 aromatic heterocycles. The third kappa shape index (κ3) is 13.1. The van der Waals surface area contributed by atoms with E-state index in [4.69, 9.17) is 26.3 Å². The van der Waals surface area contributed by atoms with Crippen molar-refractivity contribution in [1.82, 2.24) is 48.3 Å². The average Bonchev–Trinajstić information content (AvgIpc) is 1.54. The van der Waals surface area contributed by atoms with Crippen molar-refractivity contribution in [2.24, 2.45) is 0 Å². The molecule has 0 saturated carbocycles. The number of benzene rings is 16. The van der Waals surface area contributed by atoms with Gasteiger partial charge < -0.3 is 19.8 Å².